The van der Waals surface area contributed by atoms with Gasteiger partial charge in [-0.15, -0.1) is 4.91 Å². The summed E-state index contributed by atoms with van der Waals surface area (Å²) < 4.78 is 4.96. The number of thiocarbonyl (C=S) groups is 1. The summed E-state index contributed by atoms with van der Waals surface area (Å²) in [6, 6.07) is 13.6. The Balaban J connectivity index is 1.79. The molecule has 2 N–H and O–H groups in total. The molecular formula is C19H19N5O3S. The van der Waals surface area contributed by atoms with Crippen molar-refractivity contribution in [3.8, 4) is 0 Å². The molecule has 28 heavy (non-hydrogen) atoms. The average molecular weight is 397 g/mol. The largest absolute Gasteiger partial charge is 0.460 e. The van der Waals surface area contributed by atoms with E-state index in [4.69, 9.17) is 17.0 Å². The summed E-state index contributed by atoms with van der Waals surface area (Å²) in [5.41, 5.74) is 2.75. The van der Waals surface area contributed by atoms with Gasteiger partial charge in [0.05, 0.1) is 17.9 Å². The number of ether oxygens (including phenoxy) is 1. The quantitative estimate of drug-likeness (QED) is 0.164. The monoisotopic (exact) mass is 397 g/mol. The van der Waals surface area contributed by atoms with E-state index in [-0.39, 0.29) is 6.61 Å². The van der Waals surface area contributed by atoms with Crippen LogP contribution in [0.15, 0.2) is 76.1 Å². The van der Waals surface area contributed by atoms with E-state index in [2.05, 4.69) is 32.6 Å². The predicted octanol–water partition coefficient (Wildman–Crippen LogP) is 4.91. The molecule has 0 unspecified atom stereocenters. The molecule has 0 aliphatic rings. The second-order valence-corrected chi connectivity index (χ2v) is 6.06. The highest BCUT2D eigenvalue weighted by atomic mass is 32.1. The van der Waals surface area contributed by atoms with Gasteiger partial charge in [-0.3, -0.25) is 0 Å². The maximum Gasteiger partial charge on any atom is 0.333 e. The van der Waals surface area contributed by atoms with Gasteiger partial charge in [0.25, 0.3) is 0 Å². The van der Waals surface area contributed by atoms with Crippen molar-refractivity contribution in [2.24, 2.45) is 15.4 Å². The first-order chi connectivity index (χ1) is 13.5. The van der Waals surface area contributed by atoms with Crippen molar-refractivity contribution in [1.82, 2.24) is 5.32 Å². The second kappa shape index (κ2) is 10.6. The molecule has 9 heteroatoms. The fourth-order valence-corrected chi connectivity index (χ4v) is 2.13. The van der Waals surface area contributed by atoms with Crippen LogP contribution in [-0.4, -0.2) is 24.2 Å². The molecule has 0 aliphatic carbocycles. The van der Waals surface area contributed by atoms with Crippen LogP contribution in [0.1, 0.15) is 6.92 Å². The Kier molecular flexibility index (Phi) is 7.92. The van der Waals surface area contributed by atoms with Gasteiger partial charge in [-0.25, -0.2) is 4.79 Å². The Morgan fingerprint density at radius 3 is 2.11 bits per heavy atom. The number of nitrogens with one attached hydrogen (secondary N) is 2. The average Bonchev–Trinajstić information content (AvgIpc) is 2.70. The standard InChI is InChI=1S/C19H19N5O3S/c1-13(2)18(25)27-12-11-20-19(28)21-14-3-5-15(6-4-14)22-23-16-7-9-17(24-26)10-8-16/h3-10H,1,11-12H2,2H3,(H2,20,21,28). The highest BCUT2D eigenvalue weighted by molar-refractivity contribution is 7.80. The summed E-state index contributed by atoms with van der Waals surface area (Å²) in [6.07, 6.45) is 0. The van der Waals surface area contributed by atoms with Crippen molar-refractivity contribution >= 4 is 46.0 Å². The maximum absolute atomic E-state index is 11.3. The van der Waals surface area contributed by atoms with Crippen molar-refractivity contribution in [3.63, 3.8) is 0 Å². The van der Waals surface area contributed by atoms with E-state index in [0.717, 1.165) is 5.69 Å². The van der Waals surface area contributed by atoms with Gasteiger partial charge in [-0.2, -0.15) is 10.2 Å². The number of anilines is 1. The van der Waals surface area contributed by atoms with Crippen LogP contribution in [0.5, 0.6) is 0 Å². The molecule has 0 aliphatic heterocycles. The van der Waals surface area contributed by atoms with Gasteiger partial charge in [-0.1, -0.05) is 6.58 Å². The fourth-order valence-electron chi connectivity index (χ4n) is 1.91. The minimum Gasteiger partial charge on any atom is -0.460 e. The molecular weight excluding hydrogens is 378 g/mol. The molecule has 0 atom stereocenters. The lowest BCUT2D eigenvalue weighted by Crippen LogP contribution is -2.31. The minimum atomic E-state index is -0.429. The smallest absolute Gasteiger partial charge is 0.333 e. The molecule has 2 rings (SSSR count). The number of carbonyl (C=O) groups is 1. The van der Waals surface area contributed by atoms with Gasteiger partial charge in [-0.05, 0) is 72.8 Å². The zero-order chi connectivity index (χ0) is 20.4. The summed E-state index contributed by atoms with van der Waals surface area (Å²) in [4.78, 5) is 21.6. The van der Waals surface area contributed by atoms with Crippen molar-refractivity contribution in [2.75, 3.05) is 18.5 Å². The first-order valence-corrected chi connectivity index (χ1v) is 8.71. The molecule has 0 fully saturated rings. The summed E-state index contributed by atoms with van der Waals surface area (Å²) in [5.74, 6) is -0.429. The molecule has 0 bridgehead atoms. The van der Waals surface area contributed by atoms with E-state index < -0.39 is 5.97 Å². The third kappa shape index (κ3) is 7.04. The number of hydrogen-bond acceptors (Lipinski definition) is 7. The summed E-state index contributed by atoms with van der Waals surface area (Å²) in [6.45, 7) is 5.67. The Morgan fingerprint density at radius 1 is 1.04 bits per heavy atom. The Morgan fingerprint density at radius 2 is 1.57 bits per heavy atom. The molecule has 0 heterocycles. The van der Waals surface area contributed by atoms with Crippen LogP contribution >= 0.6 is 12.2 Å². The van der Waals surface area contributed by atoms with E-state index in [9.17, 15) is 9.70 Å². The molecule has 0 saturated carbocycles. The predicted molar refractivity (Wildman–Crippen MR) is 113 cm³/mol. The molecule has 0 saturated heterocycles. The molecule has 144 valence electrons. The number of azo groups is 1. The lowest BCUT2D eigenvalue weighted by molar-refractivity contribution is -0.138. The SMILES string of the molecule is C=C(C)C(=O)OCCNC(=S)Nc1ccc(N=Nc2ccc(N=O)cc2)cc1. The van der Waals surface area contributed by atoms with E-state index in [1.54, 1.807) is 43.3 Å². The van der Waals surface area contributed by atoms with E-state index >= 15 is 0 Å². The number of benzene rings is 2. The van der Waals surface area contributed by atoms with Crippen LogP contribution in [-0.2, 0) is 9.53 Å². The van der Waals surface area contributed by atoms with Gasteiger partial charge < -0.3 is 15.4 Å². The van der Waals surface area contributed by atoms with Gasteiger partial charge in [0.1, 0.15) is 12.3 Å². The van der Waals surface area contributed by atoms with Crippen molar-refractivity contribution in [3.05, 3.63) is 65.6 Å². The summed E-state index contributed by atoms with van der Waals surface area (Å²) >= 11 is 5.18. The molecule has 0 radical (unpaired) electrons. The number of rotatable bonds is 8. The minimum absolute atomic E-state index is 0.191. The first kappa shape index (κ1) is 20.8. The van der Waals surface area contributed by atoms with Gasteiger partial charge in [0.15, 0.2) is 5.11 Å². The molecule has 2 aromatic rings. The lowest BCUT2D eigenvalue weighted by Gasteiger charge is -2.11. The molecule has 0 spiro atoms. The zero-order valence-electron chi connectivity index (χ0n) is 15.2. The maximum atomic E-state index is 11.3. The molecule has 8 nitrogen and oxygen atoms in total. The lowest BCUT2D eigenvalue weighted by atomic mass is 10.3. The van der Waals surface area contributed by atoms with Crippen LogP contribution in [0.4, 0.5) is 22.7 Å². The van der Waals surface area contributed by atoms with E-state index in [0.29, 0.717) is 34.3 Å². The molecule has 0 amide bonds. The van der Waals surface area contributed by atoms with Gasteiger partial charge >= 0.3 is 5.97 Å². The normalized spacial score (nSPS) is 10.3. The van der Waals surface area contributed by atoms with Crippen LogP contribution in [0.25, 0.3) is 0 Å². The van der Waals surface area contributed by atoms with E-state index in [1.165, 1.54) is 0 Å². The van der Waals surface area contributed by atoms with Crippen LogP contribution in [0.3, 0.4) is 0 Å². The van der Waals surface area contributed by atoms with E-state index in [1.807, 2.05) is 12.1 Å². The first-order valence-electron chi connectivity index (χ1n) is 8.30. The zero-order valence-corrected chi connectivity index (χ0v) is 16.0. The van der Waals surface area contributed by atoms with Gasteiger partial charge in [0, 0.05) is 11.3 Å². The second-order valence-electron chi connectivity index (χ2n) is 5.65. The summed E-state index contributed by atoms with van der Waals surface area (Å²) in [5, 5.41) is 17.4. The fraction of sp³-hybridized carbons (Fsp3) is 0.158. The third-order valence-electron chi connectivity index (χ3n) is 3.33. The number of hydrogen-bond donors (Lipinski definition) is 2. The number of nitrogens with zero attached hydrogens (tertiary/aromatic N) is 3. The topological polar surface area (TPSA) is 105 Å². The third-order valence-corrected chi connectivity index (χ3v) is 3.58. The Hall–Kier alpha value is -3.46. The van der Waals surface area contributed by atoms with Crippen molar-refractivity contribution < 1.29 is 9.53 Å². The highest BCUT2D eigenvalue weighted by Gasteiger charge is 2.03. The summed E-state index contributed by atoms with van der Waals surface area (Å²) in [7, 11) is 0. The highest BCUT2D eigenvalue weighted by Crippen LogP contribution is 2.22. The van der Waals surface area contributed by atoms with Crippen LogP contribution in [0, 0.1) is 4.91 Å². The van der Waals surface area contributed by atoms with Crippen molar-refractivity contribution in [2.45, 2.75) is 6.92 Å². The molecule has 0 aromatic heterocycles. The number of carbonyl (C=O) groups excluding carboxylic acids is 1. The Labute approximate surface area is 167 Å². The number of nitroso groups, excluding NO2 is 1. The van der Waals surface area contributed by atoms with Gasteiger partial charge in [0.2, 0.25) is 0 Å². The van der Waals surface area contributed by atoms with Crippen molar-refractivity contribution in [1.29, 1.82) is 0 Å². The van der Waals surface area contributed by atoms with Crippen LogP contribution in [0.2, 0.25) is 0 Å². The molecule has 2 aromatic carbocycles. The van der Waals surface area contributed by atoms with Crippen LogP contribution < -0.4 is 10.6 Å². The Bertz CT molecular complexity index is 879. The number of esters is 1.